The summed E-state index contributed by atoms with van der Waals surface area (Å²) in [6.07, 6.45) is -0.434. The van der Waals surface area contributed by atoms with Gasteiger partial charge >= 0.3 is 0 Å². The SMILES string of the molecule is CCN1CCN(CC(O)COCCOc2ccc(Br)cc2)CC1.Cl.Cl. The van der Waals surface area contributed by atoms with Crippen LogP contribution in [0.5, 0.6) is 5.75 Å². The van der Waals surface area contributed by atoms with Crippen LogP contribution in [0.1, 0.15) is 6.92 Å². The molecule has 1 heterocycles. The fraction of sp³-hybridized carbons (Fsp3) is 0.647. The Hall–Kier alpha value is -0.0800. The second kappa shape index (κ2) is 14.0. The molecule has 0 bridgehead atoms. The van der Waals surface area contributed by atoms with E-state index in [0.717, 1.165) is 42.9 Å². The molecule has 1 atom stereocenters. The lowest BCUT2D eigenvalue weighted by Gasteiger charge is -2.34. The van der Waals surface area contributed by atoms with E-state index in [-0.39, 0.29) is 24.8 Å². The fourth-order valence-electron chi connectivity index (χ4n) is 2.61. The summed E-state index contributed by atoms with van der Waals surface area (Å²) >= 11 is 3.39. The lowest BCUT2D eigenvalue weighted by molar-refractivity contribution is 0.000391. The van der Waals surface area contributed by atoms with Crippen molar-refractivity contribution in [3.05, 3.63) is 28.7 Å². The van der Waals surface area contributed by atoms with E-state index >= 15 is 0 Å². The van der Waals surface area contributed by atoms with Crippen LogP contribution in [0.3, 0.4) is 0 Å². The molecule has 5 nitrogen and oxygen atoms in total. The zero-order chi connectivity index (χ0) is 16.5. The summed E-state index contributed by atoms with van der Waals surface area (Å²) in [4.78, 5) is 4.73. The highest BCUT2D eigenvalue weighted by Gasteiger charge is 2.18. The Morgan fingerprint density at radius 2 is 1.64 bits per heavy atom. The van der Waals surface area contributed by atoms with E-state index in [1.165, 1.54) is 0 Å². The second-order valence-electron chi connectivity index (χ2n) is 5.77. The first kappa shape index (κ1) is 24.9. The standard InChI is InChI=1S/C17H27BrN2O3.2ClH/c1-2-19-7-9-20(10-8-19)13-16(21)14-22-11-12-23-17-5-3-15(18)4-6-17;;/h3-6,16,21H,2,7-14H2,1H3;2*1H. The molecule has 1 fully saturated rings. The number of halogens is 3. The van der Waals surface area contributed by atoms with Crippen LogP contribution in [-0.4, -0.2) is 80.1 Å². The fourth-order valence-corrected chi connectivity index (χ4v) is 2.87. The topological polar surface area (TPSA) is 45.2 Å². The molecule has 1 N–H and O–H groups in total. The van der Waals surface area contributed by atoms with Crippen molar-refractivity contribution in [1.29, 1.82) is 0 Å². The first-order valence-corrected chi connectivity index (χ1v) is 9.05. The van der Waals surface area contributed by atoms with Crippen molar-refractivity contribution in [2.45, 2.75) is 13.0 Å². The first-order valence-electron chi connectivity index (χ1n) is 8.26. The van der Waals surface area contributed by atoms with Gasteiger partial charge in [0, 0.05) is 37.2 Å². The average Bonchev–Trinajstić information content (AvgIpc) is 2.57. The molecule has 1 aromatic carbocycles. The second-order valence-corrected chi connectivity index (χ2v) is 6.68. The summed E-state index contributed by atoms with van der Waals surface area (Å²) in [5.41, 5.74) is 0. The molecule has 1 unspecified atom stereocenters. The van der Waals surface area contributed by atoms with E-state index in [0.29, 0.717) is 26.4 Å². The smallest absolute Gasteiger partial charge is 0.119 e. The van der Waals surface area contributed by atoms with E-state index in [2.05, 4.69) is 32.7 Å². The summed E-state index contributed by atoms with van der Waals surface area (Å²) in [5.74, 6) is 0.825. The van der Waals surface area contributed by atoms with Crippen molar-refractivity contribution in [2.75, 3.05) is 59.1 Å². The van der Waals surface area contributed by atoms with Gasteiger partial charge in [-0.1, -0.05) is 22.9 Å². The Bertz CT molecular complexity index is 446. The van der Waals surface area contributed by atoms with Gasteiger partial charge in [-0.3, -0.25) is 4.90 Å². The third-order valence-corrected chi connectivity index (χ3v) is 4.53. The Morgan fingerprint density at radius 3 is 2.24 bits per heavy atom. The van der Waals surface area contributed by atoms with Gasteiger partial charge in [-0.15, -0.1) is 24.8 Å². The number of β-amino-alcohol motifs (C(OH)–C–C–N with tert-alkyl or cyclic N) is 1. The highest BCUT2D eigenvalue weighted by atomic mass is 79.9. The van der Waals surface area contributed by atoms with Crippen LogP contribution in [0.25, 0.3) is 0 Å². The number of piperazine rings is 1. The van der Waals surface area contributed by atoms with Gasteiger partial charge in [0.2, 0.25) is 0 Å². The molecule has 1 aliphatic heterocycles. The molecule has 0 spiro atoms. The Labute approximate surface area is 171 Å². The molecule has 1 aliphatic rings. The van der Waals surface area contributed by atoms with Crippen LogP contribution < -0.4 is 4.74 Å². The van der Waals surface area contributed by atoms with Gasteiger partial charge in [-0.05, 0) is 30.8 Å². The van der Waals surface area contributed by atoms with Gasteiger partial charge in [0.25, 0.3) is 0 Å². The number of rotatable bonds is 9. The highest BCUT2D eigenvalue weighted by Crippen LogP contribution is 2.15. The number of benzene rings is 1. The Balaban J connectivity index is 0.00000288. The molecule has 1 aromatic rings. The van der Waals surface area contributed by atoms with Crippen molar-refractivity contribution in [1.82, 2.24) is 9.80 Å². The van der Waals surface area contributed by atoms with Gasteiger partial charge in [-0.2, -0.15) is 0 Å². The van der Waals surface area contributed by atoms with Crippen LogP contribution >= 0.6 is 40.7 Å². The summed E-state index contributed by atoms with van der Waals surface area (Å²) in [7, 11) is 0. The maximum atomic E-state index is 10.0. The van der Waals surface area contributed by atoms with E-state index in [1.54, 1.807) is 0 Å². The monoisotopic (exact) mass is 458 g/mol. The van der Waals surface area contributed by atoms with Gasteiger partial charge in [0.15, 0.2) is 0 Å². The largest absolute Gasteiger partial charge is 0.491 e. The van der Waals surface area contributed by atoms with Gasteiger partial charge in [0.1, 0.15) is 12.4 Å². The number of nitrogens with zero attached hydrogens (tertiary/aromatic N) is 2. The van der Waals surface area contributed by atoms with E-state index in [1.807, 2.05) is 24.3 Å². The third-order valence-electron chi connectivity index (χ3n) is 4.00. The summed E-state index contributed by atoms with van der Waals surface area (Å²) < 4.78 is 12.1. The number of hydrogen-bond acceptors (Lipinski definition) is 5. The number of aliphatic hydroxyl groups is 1. The minimum Gasteiger partial charge on any atom is -0.491 e. The molecule has 0 aliphatic carbocycles. The molecule has 0 amide bonds. The number of ether oxygens (including phenoxy) is 2. The van der Waals surface area contributed by atoms with E-state index in [4.69, 9.17) is 9.47 Å². The molecule has 25 heavy (non-hydrogen) atoms. The molecule has 146 valence electrons. The van der Waals surface area contributed by atoms with Crippen LogP contribution in [-0.2, 0) is 4.74 Å². The van der Waals surface area contributed by atoms with Crippen LogP contribution in [0.15, 0.2) is 28.7 Å². The van der Waals surface area contributed by atoms with E-state index < -0.39 is 6.10 Å². The summed E-state index contributed by atoms with van der Waals surface area (Å²) in [5, 5.41) is 10.0. The van der Waals surface area contributed by atoms with Crippen molar-refractivity contribution >= 4 is 40.7 Å². The van der Waals surface area contributed by atoms with Crippen molar-refractivity contribution in [3.8, 4) is 5.75 Å². The molecular weight excluding hydrogens is 431 g/mol. The molecule has 8 heteroatoms. The van der Waals surface area contributed by atoms with Crippen LogP contribution in [0.2, 0.25) is 0 Å². The maximum Gasteiger partial charge on any atom is 0.119 e. The third kappa shape index (κ3) is 9.99. The van der Waals surface area contributed by atoms with Gasteiger partial charge in [0.05, 0.1) is 19.3 Å². The summed E-state index contributed by atoms with van der Waals surface area (Å²) in [6.45, 7) is 9.54. The molecule has 0 saturated carbocycles. The zero-order valence-corrected chi connectivity index (χ0v) is 17.8. The normalized spacial score (nSPS) is 16.6. The van der Waals surface area contributed by atoms with Crippen LogP contribution in [0, 0.1) is 0 Å². The lowest BCUT2D eigenvalue weighted by atomic mass is 10.2. The summed E-state index contributed by atoms with van der Waals surface area (Å²) in [6, 6.07) is 7.71. The van der Waals surface area contributed by atoms with E-state index in [9.17, 15) is 5.11 Å². The molecular formula is C17H29BrCl2N2O3. The Kier molecular flexibility index (Phi) is 14.0. The van der Waals surface area contributed by atoms with Crippen molar-refractivity contribution in [2.24, 2.45) is 0 Å². The average molecular weight is 460 g/mol. The highest BCUT2D eigenvalue weighted by molar-refractivity contribution is 9.10. The predicted octanol–water partition coefficient (Wildman–Crippen LogP) is 2.69. The number of hydrogen-bond donors (Lipinski definition) is 1. The molecule has 0 radical (unpaired) electrons. The minimum atomic E-state index is -0.434. The maximum absolute atomic E-state index is 10.0. The minimum absolute atomic E-state index is 0. The van der Waals surface area contributed by atoms with Crippen LogP contribution in [0.4, 0.5) is 0 Å². The van der Waals surface area contributed by atoms with Crippen molar-refractivity contribution in [3.63, 3.8) is 0 Å². The van der Waals surface area contributed by atoms with Gasteiger partial charge in [-0.25, -0.2) is 0 Å². The lowest BCUT2D eigenvalue weighted by Crippen LogP contribution is -2.48. The van der Waals surface area contributed by atoms with Gasteiger partial charge < -0.3 is 19.5 Å². The molecule has 2 rings (SSSR count). The number of aliphatic hydroxyl groups excluding tert-OH is 1. The Morgan fingerprint density at radius 1 is 1.04 bits per heavy atom. The zero-order valence-electron chi connectivity index (χ0n) is 14.6. The van der Waals surface area contributed by atoms with Crippen molar-refractivity contribution < 1.29 is 14.6 Å². The molecule has 0 aromatic heterocycles. The number of likely N-dealkylation sites (N-methyl/N-ethyl adjacent to an activating group) is 1. The quantitative estimate of drug-likeness (QED) is 0.575. The predicted molar refractivity (Wildman–Crippen MR) is 110 cm³/mol. The first-order chi connectivity index (χ1) is 11.2. The molecule has 1 saturated heterocycles.